The van der Waals surface area contributed by atoms with Gasteiger partial charge in [0.05, 0.1) is 10.9 Å². The summed E-state index contributed by atoms with van der Waals surface area (Å²) in [5, 5.41) is 19.9. The zero-order valence-electron chi connectivity index (χ0n) is 16.2. The minimum Gasteiger partial charge on any atom is -0.419 e. The van der Waals surface area contributed by atoms with Gasteiger partial charge in [0, 0.05) is 5.56 Å². The number of thioether (sulfide) groups is 1. The molecule has 0 aliphatic rings. The van der Waals surface area contributed by atoms with Crippen LogP contribution in [0.15, 0.2) is 58.1 Å². The molecule has 31 heavy (non-hydrogen) atoms. The summed E-state index contributed by atoms with van der Waals surface area (Å²) in [6.45, 7) is 3.85. The molecule has 0 N–H and O–H groups in total. The first-order chi connectivity index (χ1) is 14.8. The Hall–Kier alpha value is -3.41. The van der Waals surface area contributed by atoms with Gasteiger partial charge in [0.1, 0.15) is 5.75 Å². The molecule has 160 valence electrons. The average Bonchev–Trinajstić information content (AvgIpc) is 3.38. The molecule has 0 fully saturated rings. The van der Waals surface area contributed by atoms with Crippen LogP contribution in [0.1, 0.15) is 23.6 Å². The number of aryl methyl sites for hydroxylation is 1. The Kier molecular flexibility index (Phi) is 5.63. The Labute approximate surface area is 178 Å². The molecule has 4 aromatic rings. The second-order valence-electron chi connectivity index (χ2n) is 6.49. The molecule has 0 spiro atoms. The van der Waals surface area contributed by atoms with Crippen LogP contribution in [-0.2, 0) is 0 Å². The van der Waals surface area contributed by atoms with Crippen LogP contribution < -0.4 is 4.74 Å². The normalized spacial score (nSPS) is 12.7. The number of rotatable bonds is 6. The molecule has 0 saturated heterocycles. The minimum atomic E-state index is -4.76. The fourth-order valence-corrected chi connectivity index (χ4v) is 3.46. The number of hydrogen-bond acceptors (Lipinski definition) is 8. The molecule has 12 heteroatoms. The van der Waals surface area contributed by atoms with Gasteiger partial charge in [-0.2, -0.15) is 4.68 Å². The lowest BCUT2D eigenvalue weighted by molar-refractivity contribution is -0.274. The van der Waals surface area contributed by atoms with Crippen LogP contribution >= 0.6 is 11.8 Å². The van der Waals surface area contributed by atoms with E-state index in [-0.39, 0.29) is 11.0 Å². The highest BCUT2D eigenvalue weighted by molar-refractivity contribution is 7.99. The molecule has 0 bridgehead atoms. The van der Waals surface area contributed by atoms with Gasteiger partial charge in [0.15, 0.2) is 0 Å². The van der Waals surface area contributed by atoms with Crippen LogP contribution in [0, 0.1) is 6.92 Å². The van der Waals surface area contributed by atoms with E-state index in [0.717, 1.165) is 11.1 Å². The van der Waals surface area contributed by atoms with Crippen molar-refractivity contribution < 1.29 is 22.3 Å². The molecule has 2 aromatic heterocycles. The summed E-state index contributed by atoms with van der Waals surface area (Å²) in [5.74, 6) is 0.465. The van der Waals surface area contributed by atoms with Gasteiger partial charge in [-0.1, -0.05) is 29.5 Å². The third-order valence-corrected chi connectivity index (χ3v) is 5.15. The lowest BCUT2D eigenvalue weighted by atomic mass is 10.1. The monoisotopic (exact) mass is 448 g/mol. The molecule has 0 aliphatic carbocycles. The fourth-order valence-electron chi connectivity index (χ4n) is 2.62. The number of alkyl halides is 3. The highest BCUT2D eigenvalue weighted by Gasteiger charge is 2.31. The molecule has 2 aromatic carbocycles. The quantitative estimate of drug-likeness (QED) is 0.390. The summed E-state index contributed by atoms with van der Waals surface area (Å²) >= 11 is 1.27. The van der Waals surface area contributed by atoms with Crippen LogP contribution in [0.4, 0.5) is 13.2 Å². The Morgan fingerprint density at radius 1 is 1.00 bits per heavy atom. The predicted molar refractivity (Wildman–Crippen MR) is 105 cm³/mol. The van der Waals surface area contributed by atoms with Gasteiger partial charge in [-0.05, 0) is 60.7 Å². The third kappa shape index (κ3) is 5.02. The number of ether oxygens (including phenoxy) is 1. The van der Waals surface area contributed by atoms with Gasteiger partial charge in [-0.15, -0.1) is 28.5 Å². The van der Waals surface area contributed by atoms with Gasteiger partial charge in [0.2, 0.25) is 16.9 Å². The van der Waals surface area contributed by atoms with Crippen molar-refractivity contribution in [3.8, 4) is 22.9 Å². The number of tetrazole rings is 1. The largest absolute Gasteiger partial charge is 0.573 e. The molecule has 2 heterocycles. The molecule has 0 radical (unpaired) electrons. The van der Waals surface area contributed by atoms with E-state index in [1.165, 1.54) is 40.7 Å². The van der Waals surface area contributed by atoms with E-state index in [2.05, 4.69) is 30.5 Å². The highest BCUT2D eigenvalue weighted by Crippen LogP contribution is 2.35. The Bertz CT molecular complexity index is 1160. The van der Waals surface area contributed by atoms with Crippen LogP contribution in [0.2, 0.25) is 0 Å². The number of aromatic nitrogens is 6. The van der Waals surface area contributed by atoms with Crippen molar-refractivity contribution in [1.29, 1.82) is 0 Å². The van der Waals surface area contributed by atoms with Crippen molar-refractivity contribution in [2.45, 2.75) is 30.6 Å². The summed E-state index contributed by atoms with van der Waals surface area (Å²) in [4.78, 5) is 0. The molecule has 0 amide bonds. The van der Waals surface area contributed by atoms with E-state index in [4.69, 9.17) is 4.42 Å². The lowest BCUT2D eigenvalue weighted by Gasteiger charge is -2.10. The molecule has 1 atom stereocenters. The molecule has 0 aliphatic heterocycles. The Balaban J connectivity index is 1.49. The maximum Gasteiger partial charge on any atom is 0.573 e. The Morgan fingerprint density at radius 3 is 2.39 bits per heavy atom. The predicted octanol–water partition coefficient (Wildman–Crippen LogP) is 4.77. The van der Waals surface area contributed by atoms with Crippen molar-refractivity contribution in [3.05, 3.63) is 60.0 Å². The molecular formula is C19H15F3N6O2S. The smallest absolute Gasteiger partial charge is 0.419 e. The average molecular weight is 448 g/mol. The topological polar surface area (TPSA) is 91.8 Å². The maximum absolute atomic E-state index is 12.3. The van der Waals surface area contributed by atoms with Crippen molar-refractivity contribution in [1.82, 2.24) is 30.4 Å². The standard InChI is InChI=1S/C19H15F3N6O2S/c1-11-3-5-13(6-4-11)17-24-23-16(29-17)12(2)31-18-25-26-27-28(18)14-7-9-15(10-8-14)30-19(20,21)22/h3-10,12H,1-2H3. The summed E-state index contributed by atoms with van der Waals surface area (Å²) < 4.78 is 48.0. The first-order valence-electron chi connectivity index (χ1n) is 9.00. The van der Waals surface area contributed by atoms with Crippen molar-refractivity contribution >= 4 is 11.8 Å². The molecule has 0 saturated carbocycles. The SMILES string of the molecule is Cc1ccc(-c2nnc(C(C)Sc3nnnn3-c3ccc(OC(F)(F)F)cc3)o2)cc1. The van der Waals surface area contributed by atoms with Crippen LogP contribution in [-0.4, -0.2) is 36.8 Å². The first-order valence-corrected chi connectivity index (χ1v) is 9.88. The van der Waals surface area contributed by atoms with E-state index in [1.807, 2.05) is 38.1 Å². The van der Waals surface area contributed by atoms with E-state index >= 15 is 0 Å². The first kappa shape index (κ1) is 20.8. The molecule has 8 nitrogen and oxygen atoms in total. The van der Waals surface area contributed by atoms with Crippen molar-refractivity contribution in [3.63, 3.8) is 0 Å². The molecule has 4 rings (SSSR count). The summed E-state index contributed by atoms with van der Waals surface area (Å²) in [6.07, 6.45) is -4.76. The van der Waals surface area contributed by atoms with Crippen molar-refractivity contribution in [2.24, 2.45) is 0 Å². The fraction of sp³-hybridized carbons (Fsp3) is 0.211. The third-order valence-electron chi connectivity index (χ3n) is 4.12. The van der Waals surface area contributed by atoms with E-state index in [0.29, 0.717) is 22.6 Å². The zero-order valence-corrected chi connectivity index (χ0v) is 17.1. The number of hydrogen-bond donors (Lipinski definition) is 0. The summed E-state index contributed by atoms with van der Waals surface area (Å²) in [5.41, 5.74) is 2.41. The van der Waals surface area contributed by atoms with Crippen molar-refractivity contribution in [2.75, 3.05) is 0 Å². The number of halogens is 3. The van der Waals surface area contributed by atoms with Crippen LogP contribution in [0.25, 0.3) is 17.1 Å². The van der Waals surface area contributed by atoms with E-state index < -0.39 is 6.36 Å². The van der Waals surface area contributed by atoms with Gasteiger partial charge in [-0.3, -0.25) is 0 Å². The minimum absolute atomic E-state index is 0.274. The zero-order chi connectivity index (χ0) is 22.0. The number of benzene rings is 2. The van der Waals surface area contributed by atoms with Gasteiger partial charge in [0.25, 0.3) is 0 Å². The van der Waals surface area contributed by atoms with Gasteiger partial charge < -0.3 is 9.15 Å². The molecule has 1 unspecified atom stereocenters. The summed E-state index contributed by atoms with van der Waals surface area (Å²) in [7, 11) is 0. The second kappa shape index (κ2) is 8.38. The number of nitrogens with zero attached hydrogens (tertiary/aromatic N) is 6. The lowest BCUT2D eigenvalue weighted by Crippen LogP contribution is -2.17. The second-order valence-corrected chi connectivity index (χ2v) is 7.79. The molecular weight excluding hydrogens is 433 g/mol. The van der Waals surface area contributed by atoms with E-state index in [1.54, 1.807) is 0 Å². The summed E-state index contributed by atoms with van der Waals surface area (Å²) in [6, 6.07) is 12.9. The van der Waals surface area contributed by atoms with E-state index in [9.17, 15) is 13.2 Å². The van der Waals surface area contributed by atoms with Gasteiger partial charge in [-0.25, -0.2) is 0 Å². The Morgan fingerprint density at radius 2 is 1.71 bits per heavy atom. The van der Waals surface area contributed by atoms with Gasteiger partial charge >= 0.3 is 6.36 Å². The maximum atomic E-state index is 12.3. The van der Waals surface area contributed by atoms with Crippen LogP contribution in [0.5, 0.6) is 5.75 Å². The highest BCUT2D eigenvalue weighted by atomic mass is 32.2. The van der Waals surface area contributed by atoms with Crippen LogP contribution in [0.3, 0.4) is 0 Å².